The second kappa shape index (κ2) is 6.68. The van der Waals surface area contributed by atoms with Crippen LogP contribution in [0.15, 0.2) is 49.3 Å². The highest BCUT2D eigenvalue weighted by Gasteiger charge is 2.22. The van der Waals surface area contributed by atoms with E-state index >= 15 is 0 Å². The van der Waals surface area contributed by atoms with Gasteiger partial charge in [-0.2, -0.15) is 5.10 Å². The normalized spacial score (nSPS) is 13.4. The average molecular weight is 336 g/mol. The Bertz CT molecular complexity index is 859. The van der Waals surface area contributed by atoms with E-state index in [-0.39, 0.29) is 11.6 Å². The maximum atomic E-state index is 12.4. The summed E-state index contributed by atoms with van der Waals surface area (Å²) in [5.74, 6) is 0.695. The van der Waals surface area contributed by atoms with Crippen LogP contribution in [0.1, 0.15) is 23.3 Å². The number of hydrogen-bond acceptors (Lipinski definition) is 6. The van der Waals surface area contributed by atoms with Crippen molar-refractivity contribution in [2.45, 2.75) is 12.8 Å². The molecule has 3 aromatic heterocycles. The van der Waals surface area contributed by atoms with Crippen molar-refractivity contribution in [1.29, 1.82) is 0 Å². The number of amides is 1. The van der Waals surface area contributed by atoms with Crippen molar-refractivity contribution in [2.75, 3.05) is 11.9 Å². The molecule has 1 amide bonds. The third kappa shape index (κ3) is 3.63. The zero-order valence-electron chi connectivity index (χ0n) is 13.4. The van der Waals surface area contributed by atoms with E-state index in [1.165, 1.54) is 25.2 Å². The Morgan fingerprint density at radius 2 is 2.16 bits per heavy atom. The van der Waals surface area contributed by atoms with E-state index in [1.807, 2.05) is 0 Å². The van der Waals surface area contributed by atoms with Crippen LogP contribution in [0.2, 0.25) is 0 Å². The number of nitrogens with zero attached hydrogens (tertiary/aromatic N) is 5. The molecule has 1 saturated carbocycles. The van der Waals surface area contributed by atoms with E-state index < -0.39 is 0 Å². The number of carbonyl (C=O) groups is 1. The van der Waals surface area contributed by atoms with Crippen molar-refractivity contribution in [3.05, 3.63) is 55.0 Å². The standard InChI is InChI=1S/C17H16N6O2/c24-17(14-9-20-16(10-19-14)25-11-12-2-3-12)22-13-8-18-6-4-15(13)23-7-1-5-21-23/h1,4-10,12H,2-3,11H2,(H,22,24). The Morgan fingerprint density at radius 3 is 2.88 bits per heavy atom. The highest BCUT2D eigenvalue weighted by molar-refractivity contribution is 6.03. The number of carbonyl (C=O) groups excluding carboxylic acids is 1. The quantitative estimate of drug-likeness (QED) is 0.741. The Labute approximate surface area is 143 Å². The van der Waals surface area contributed by atoms with Gasteiger partial charge in [0.15, 0.2) is 0 Å². The number of pyridine rings is 1. The zero-order valence-corrected chi connectivity index (χ0v) is 13.4. The van der Waals surface area contributed by atoms with Crippen molar-refractivity contribution >= 4 is 11.6 Å². The topological polar surface area (TPSA) is 94.8 Å². The van der Waals surface area contributed by atoms with Gasteiger partial charge in [-0.15, -0.1) is 0 Å². The molecule has 0 spiro atoms. The Balaban J connectivity index is 1.46. The molecule has 1 aliphatic rings. The summed E-state index contributed by atoms with van der Waals surface area (Å²) in [6, 6.07) is 3.57. The molecule has 0 unspecified atom stereocenters. The molecule has 0 saturated heterocycles. The third-order valence-corrected chi connectivity index (χ3v) is 3.82. The SMILES string of the molecule is O=C(Nc1cnccc1-n1cccn1)c1cnc(OCC2CC2)cn1. The fourth-order valence-corrected chi connectivity index (χ4v) is 2.28. The van der Waals surface area contributed by atoms with E-state index in [2.05, 4.69) is 25.4 Å². The molecule has 0 atom stereocenters. The molecular weight excluding hydrogens is 320 g/mol. The first-order valence-electron chi connectivity index (χ1n) is 8.00. The van der Waals surface area contributed by atoms with Crippen molar-refractivity contribution in [1.82, 2.24) is 24.7 Å². The van der Waals surface area contributed by atoms with Gasteiger partial charge in [0, 0.05) is 18.6 Å². The van der Waals surface area contributed by atoms with Crippen LogP contribution in [0.25, 0.3) is 5.69 Å². The summed E-state index contributed by atoms with van der Waals surface area (Å²) in [6.07, 6.45) is 11.9. The fourth-order valence-electron chi connectivity index (χ4n) is 2.28. The molecule has 126 valence electrons. The number of rotatable bonds is 6. The number of hydrogen-bond donors (Lipinski definition) is 1. The summed E-state index contributed by atoms with van der Waals surface area (Å²) in [4.78, 5) is 24.7. The number of nitrogens with one attached hydrogen (secondary N) is 1. The van der Waals surface area contributed by atoms with Gasteiger partial charge < -0.3 is 10.1 Å². The van der Waals surface area contributed by atoms with Crippen molar-refractivity contribution in [2.24, 2.45) is 5.92 Å². The molecule has 0 aliphatic heterocycles. The molecule has 0 radical (unpaired) electrons. The first kappa shape index (κ1) is 15.3. The predicted octanol–water partition coefficient (Wildman–Crippen LogP) is 2.10. The van der Waals surface area contributed by atoms with Gasteiger partial charge in [-0.25, -0.2) is 14.6 Å². The molecule has 8 nitrogen and oxygen atoms in total. The van der Waals surface area contributed by atoms with Crippen LogP contribution < -0.4 is 10.1 Å². The lowest BCUT2D eigenvalue weighted by atomic mass is 10.3. The van der Waals surface area contributed by atoms with Crippen LogP contribution >= 0.6 is 0 Å². The molecule has 0 bridgehead atoms. The van der Waals surface area contributed by atoms with Gasteiger partial charge in [0.25, 0.3) is 5.91 Å². The van der Waals surface area contributed by atoms with E-state index in [4.69, 9.17) is 4.74 Å². The van der Waals surface area contributed by atoms with Gasteiger partial charge in [-0.3, -0.25) is 9.78 Å². The molecule has 25 heavy (non-hydrogen) atoms. The van der Waals surface area contributed by atoms with Crippen molar-refractivity contribution < 1.29 is 9.53 Å². The van der Waals surface area contributed by atoms with Crippen molar-refractivity contribution in [3.63, 3.8) is 0 Å². The summed E-state index contributed by atoms with van der Waals surface area (Å²) >= 11 is 0. The molecule has 4 rings (SSSR count). The van der Waals surface area contributed by atoms with Crippen LogP contribution in [-0.4, -0.2) is 37.2 Å². The Morgan fingerprint density at radius 1 is 1.24 bits per heavy atom. The second-order valence-electron chi connectivity index (χ2n) is 5.79. The van der Waals surface area contributed by atoms with Crippen LogP contribution in [0, 0.1) is 5.92 Å². The fraction of sp³-hybridized carbons (Fsp3) is 0.235. The summed E-state index contributed by atoms with van der Waals surface area (Å²) in [7, 11) is 0. The van der Waals surface area contributed by atoms with Crippen LogP contribution in [0.3, 0.4) is 0 Å². The monoisotopic (exact) mass is 336 g/mol. The third-order valence-electron chi connectivity index (χ3n) is 3.82. The van der Waals surface area contributed by atoms with Crippen molar-refractivity contribution in [3.8, 4) is 11.6 Å². The largest absolute Gasteiger partial charge is 0.476 e. The molecule has 1 aliphatic carbocycles. The second-order valence-corrected chi connectivity index (χ2v) is 5.79. The van der Waals surface area contributed by atoms with Gasteiger partial charge >= 0.3 is 0 Å². The molecule has 3 heterocycles. The lowest BCUT2D eigenvalue weighted by molar-refractivity contribution is 0.102. The molecule has 0 aromatic carbocycles. The van der Waals surface area contributed by atoms with Crippen LogP contribution in [-0.2, 0) is 0 Å². The molecule has 8 heteroatoms. The van der Waals surface area contributed by atoms with E-state index in [9.17, 15) is 4.79 Å². The smallest absolute Gasteiger partial charge is 0.275 e. The predicted molar refractivity (Wildman–Crippen MR) is 89.6 cm³/mol. The van der Waals surface area contributed by atoms with E-state index in [0.717, 1.165) is 0 Å². The summed E-state index contributed by atoms with van der Waals surface area (Å²) in [5.41, 5.74) is 1.45. The highest BCUT2D eigenvalue weighted by Crippen LogP contribution is 2.29. The minimum Gasteiger partial charge on any atom is -0.476 e. The molecular formula is C17H16N6O2. The summed E-state index contributed by atoms with van der Waals surface area (Å²) in [6.45, 7) is 0.656. The van der Waals surface area contributed by atoms with Gasteiger partial charge in [0.2, 0.25) is 5.88 Å². The minimum absolute atomic E-state index is 0.203. The average Bonchev–Trinajstić information content (AvgIpc) is 3.32. The maximum absolute atomic E-state index is 12.4. The maximum Gasteiger partial charge on any atom is 0.275 e. The first-order chi connectivity index (χ1) is 12.3. The minimum atomic E-state index is -0.373. The Kier molecular flexibility index (Phi) is 4.07. The lowest BCUT2D eigenvalue weighted by Crippen LogP contribution is -2.16. The van der Waals surface area contributed by atoms with Gasteiger partial charge in [0.05, 0.1) is 36.6 Å². The van der Waals surface area contributed by atoms with Gasteiger partial charge in [-0.05, 0) is 30.9 Å². The highest BCUT2D eigenvalue weighted by atomic mass is 16.5. The number of anilines is 1. The molecule has 1 N–H and O–H groups in total. The van der Waals surface area contributed by atoms with Gasteiger partial charge in [-0.1, -0.05) is 0 Å². The molecule has 3 aromatic rings. The summed E-state index contributed by atoms with van der Waals surface area (Å²) in [5, 5.41) is 6.96. The Hall–Kier alpha value is -3.29. The van der Waals surface area contributed by atoms with Crippen LogP contribution in [0.5, 0.6) is 5.88 Å². The number of aromatic nitrogens is 5. The van der Waals surface area contributed by atoms with E-state index in [0.29, 0.717) is 29.8 Å². The van der Waals surface area contributed by atoms with E-state index in [1.54, 1.807) is 41.6 Å². The van der Waals surface area contributed by atoms with Crippen LogP contribution in [0.4, 0.5) is 5.69 Å². The molecule has 1 fully saturated rings. The first-order valence-corrected chi connectivity index (χ1v) is 8.00. The lowest BCUT2D eigenvalue weighted by Gasteiger charge is -2.10. The summed E-state index contributed by atoms with van der Waals surface area (Å²) < 4.78 is 7.17. The zero-order chi connectivity index (χ0) is 17.1. The van der Waals surface area contributed by atoms with Gasteiger partial charge in [0.1, 0.15) is 5.69 Å². The number of ether oxygens (including phenoxy) is 1.